The maximum absolute atomic E-state index is 14.0. The summed E-state index contributed by atoms with van der Waals surface area (Å²) < 4.78 is 33.0. The van der Waals surface area contributed by atoms with Crippen LogP contribution < -0.4 is 10.6 Å². The van der Waals surface area contributed by atoms with Gasteiger partial charge in [-0.1, -0.05) is 0 Å². The molecule has 8 heteroatoms. The highest BCUT2D eigenvalue weighted by atomic mass is 19.1. The molecule has 2 amide bonds. The molecule has 136 valence electrons. The quantitative estimate of drug-likeness (QED) is 0.527. The lowest BCUT2D eigenvalue weighted by Crippen LogP contribution is -2.19. The number of nitrogens with zero attached hydrogens (tertiary/aromatic N) is 2. The molecule has 0 aliphatic heterocycles. The highest BCUT2D eigenvalue weighted by Gasteiger charge is 2.13. The number of pyridine rings is 1. The van der Waals surface area contributed by atoms with E-state index in [1.165, 1.54) is 0 Å². The number of carbonyl (C=O) groups excluding carboxylic acids is 1. The lowest BCUT2D eigenvalue weighted by molar-refractivity contribution is 0.262. The molecule has 4 aromatic rings. The number of carbonyl (C=O) groups is 1. The lowest BCUT2D eigenvalue weighted by atomic mass is 10.1. The summed E-state index contributed by atoms with van der Waals surface area (Å²) in [4.78, 5) is 20.6. The van der Waals surface area contributed by atoms with Gasteiger partial charge in [0.1, 0.15) is 16.9 Å². The number of fused-ring (bicyclic) bond motifs is 2. The van der Waals surface area contributed by atoms with Crippen LogP contribution in [0.15, 0.2) is 40.8 Å². The van der Waals surface area contributed by atoms with Crippen LogP contribution >= 0.6 is 0 Å². The number of urea groups is 1. The van der Waals surface area contributed by atoms with Gasteiger partial charge in [0.05, 0.1) is 5.69 Å². The molecule has 0 aliphatic carbocycles. The predicted molar refractivity (Wildman–Crippen MR) is 97.8 cm³/mol. The number of anilines is 2. The fourth-order valence-corrected chi connectivity index (χ4v) is 2.89. The van der Waals surface area contributed by atoms with Crippen molar-refractivity contribution in [1.29, 1.82) is 0 Å². The van der Waals surface area contributed by atoms with Crippen molar-refractivity contribution in [3.63, 3.8) is 0 Å². The maximum atomic E-state index is 14.0. The number of amides is 2. The second-order valence-corrected chi connectivity index (χ2v) is 6.09. The Morgan fingerprint density at radius 1 is 1.04 bits per heavy atom. The zero-order chi connectivity index (χ0) is 19.1. The minimum absolute atomic E-state index is 0.00902. The number of halogens is 2. The van der Waals surface area contributed by atoms with Gasteiger partial charge >= 0.3 is 6.03 Å². The number of hydrogen-bond donors (Lipinski definition) is 2. The lowest BCUT2D eigenvalue weighted by Gasteiger charge is -2.11. The molecule has 0 bridgehead atoms. The van der Waals surface area contributed by atoms with Crippen LogP contribution in [-0.2, 0) is 0 Å². The molecule has 2 aromatic carbocycles. The van der Waals surface area contributed by atoms with Crippen LogP contribution in [0.2, 0.25) is 0 Å². The largest absolute Gasteiger partial charge is 0.441 e. The highest BCUT2D eigenvalue weighted by molar-refractivity contribution is 6.06. The molecular weight excluding hydrogens is 354 g/mol. The molecule has 0 radical (unpaired) electrons. The Balaban J connectivity index is 1.63. The Labute approximate surface area is 152 Å². The Kier molecular flexibility index (Phi) is 3.95. The zero-order valence-electron chi connectivity index (χ0n) is 14.4. The smallest absolute Gasteiger partial charge is 0.323 e. The van der Waals surface area contributed by atoms with E-state index < -0.39 is 17.7 Å². The van der Waals surface area contributed by atoms with E-state index >= 15 is 0 Å². The molecule has 0 atom stereocenters. The minimum atomic E-state index is -0.789. The molecule has 0 saturated carbocycles. The summed E-state index contributed by atoms with van der Waals surface area (Å²) in [5.74, 6) is -1.02. The van der Waals surface area contributed by atoms with Crippen molar-refractivity contribution in [2.24, 2.45) is 0 Å². The number of aryl methyl sites for hydroxylation is 2. The van der Waals surface area contributed by atoms with E-state index in [0.29, 0.717) is 28.4 Å². The third-order valence-electron chi connectivity index (χ3n) is 3.96. The van der Waals surface area contributed by atoms with Gasteiger partial charge in [0.2, 0.25) is 0 Å². The average Bonchev–Trinajstić information content (AvgIpc) is 2.95. The summed E-state index contributed by atoms with van der Waals surface area (Å²) in [6.07, 6.45) is 0. The van der Waals surface area contributed by atoms with Crippen LogP contribution in [0.25, 0.3) is 22.0 Å². The molecule has 2 heterocycles. The molecule has 27 heavy (non-hydrogen) atoms. The summed E-state index contributed by atoms with van der Waals surface area (Å²) in [5, 5.41) is 5.45. The van der Waals surface area contributed by atoms with Crippen LogP contribution in [0.4, 0.5) is 25.0 Å². The molecule has 0 unspecified atom stereocenters. The molecule has 4 rings (SSSR count). The number of nitrogens with one attached hydrogen (secondary N) is 2. The molecule has 2 aromatic heterocycles. The first-order valence-electron chi connectivity index (χ1n) is 8.10. The van der Waals surface area contributed by atoms with Crippen molar-refractivity contribution in [3.05, 3.63) is 59.6 Å². The van der Waals surface area contributed by atoms with Crippen molar-refractivity contribution in [2.75, 3.05) is 10.6 Å². The van der Waals surface area contributed by atoms with E-state index in [4.69, 9.17) is 4.42 Å². The summed E-state index contributed by atoms with van der Waals surface area (Å²) >= 11 is 0. The van der Waals surface area contributed by atoms with Gasteiger partial charge in [-0.05, 0) is 31.2 Å². The summed E-state index contributed by atoms with van der Waals surface area (Å²) in [6.45, 7) is 3.39. The first-order valence-corrected chi connectivity index (χ1v) is 8.10. The standard InChI is InChI=1S/C19H14F2N4O2/c1-9-5-16(13-6-11(20)7-14(21)18(13)22-9)25-19(26)24-12-3-4-15-17(8-12)27-10(2)23-15/h3-8H,1-2H3,(H2,22,24,25,26). The van der Waals surface area contributed by atoms with Crippen molar-refractivity contribution in [1.82, 2.24) is 9.97 Å². The molecule has 0 saturated heterocycles. The van der Waals surface area contributed by atoms with Crippen molar-refractivity contribution in [3.8, 4) is 0 Å². The van der Waals surface area contributed by atoms with Gasteiger partial charge in [-0.3, -0.25) is 0 Å². The maximum Gasteiger partial charge on any atom is 0.323 e. The van der Waals surface area contributed by atoms with Gasteiger partial charge in [-0.25, -0.2) is 23.5 Å². The van der Waals surface area contributed by atoms with Gasteiger partial charge in [0.15, 0.2) is 17.3 Å². The third-order valence-corrected chi connectivity index (χ3v) is 3.96. The third kappa shape index (κ3) is 3.29. The van der Waals surface area contributed by atoms with E-state index in [1.54, 1.807) is 38.1 Å². The second kappa shape index (κ2) is 6.31. The van der Waals surface area contributed by atoms with Crippen molar-refractivity contribution < 1.29 is 18.0 Å². The predicted octanol–water partition coefficient (Wildman–Crippen LogP) is 4.92. The zero-order valence-corrected chi connectivity index (χ0v) is 14.4. The van der Waals surface area contributed by atoms with E-state index in [0.717, 1.165) is 12.1 Å². The van der Waals surface area contributed by atoms with Gasteiger partial charge in [0, 0.05) is 35.8 Å². The summed E-state index contributed by atoms with van der Waals surface area (Å²) in [6, 6.07) is 7.91. The second-order valence-electron chi connectivity index (χ2n) is 6.09. The molecule has 2 N–H and O–H groups in total. The van der Waals surface area contributed by atoms with Gasteiger partial charge in [-0.15, -0.1) is 0 Å². The van der Waals surface area contributed by atoms with Crippen LogP contribution in [0.1, 0.15) is 11.6 Å². The van der Waals surface area contributed by atoms with Crippen LogP contribution in [-0.4, -0.2) is 16.0 Å². The first kappa shape index (κ1) is 16.9. The Morgan fingerprint density at radius 3 is 2.67 bits per heavy atom. The van der Waals surface area contributed by atoms with Gasteiger partial charge in [-0.2, -0.15) is 0 Å². The van der Waals surface area contributed by atoms with E-state index in [1.807, 2.05) is 0 Å². The molecule has 0 aliphatic rings. The fraction of sp³-hybridized carbons (Fsp3) is 0.105. The van der Waals surface area contributed by atoms with Crippen LogP contribution in [0.3, 0.4) is 0 Å². The van der Waals surface area contributed by atoms with Gasteiger partial charge < -0.3 is 15.1 Å². The summed E-state index contributed by atoms with van der Waals surface area (Å²) in [7, 11) is 0. The summed E-state index contributed by atoms with van der Waals surface area (Å²) in [5.41, 5.74) is 2.44. The molecule has 0 fully saturated rings. The van der Waals surface area contributed by atoms with Crippen molar-refractivity contribution in [2.45, 2.75) is 13.8 Å². The monoisotopic (exact) mass is 368 g/mol. The Morgan fingerprint density at radius 2 is 1.85 bits per heavy atom. The first-order chi connectivity index (χ1) is 12.9. The fourth-order valence-electron chi connectivity index (χ4n) is 2.89. The average molecular weight is 368 g/mol. The number of oxazole rings is 1. The van der Waals surface area contributed by atoms with Crippen LogP contribution in [0.5, 0.6) is 0 Å². The Bertz CT molecular complexity index is 1200. The van der Waals surface area contributed by atoms with E-state index in [9.17, 15) is 13.6 Å². The molecule has 6 nitrogen and oxygen atoms in total. The number of benzene rings is 2. The topological polar surface area (TPSA) is 80.0 Å². The number of aromatic nitrogens is 2. The minimum Gasteiger partial charge on any atom is -0.441 e. The van der Waals surface area contributed by atoms with Gasteiger partial charge in [0.25, 0.3) is 0 Å². The SMILES string of the molecule is Cc1cc(NC(=O)Nc2ccc3nc(C)oc3c2)c2cc(F)cc(F)c2n1. The number of rotatable bonds is 2. The van der Waals surface area contributed by atoms with E-state index in [-0.39, 0.29) is 16.6 Å². The highest BCUT2D eigenvalue weighted by Crippen LogP contribution is 2.27. The van der Waals surface area contributed by atoms with E-state index in [2.05, 4.69) is 20.6 Å². The Hall–Kier alpha value is -3.55. The number of hydrogen-bond acceptors (Lipinski definition) is 4. The normalized spacial score (nSPS) is 11.1. The molecular formula is C19H14F2N4O2. The van der Waals surface area contributed by atoms with Crippen molar-refractivity contribution >= 4 is 39.4 Å². The van der Waals surface area contributed by atoms with Crippen LogP contribution in [0, 0.1) is 25.5 Å². The molecule has 0 spiro atoms.